The molecule has 0 radical (unpaired) electrons. The van der Waals surface area contributed by atoms with Gasteiger partial charge in [0.25, 0.3) is 0 Å². The van der Waals surface area contributed by atoms with E-state index in [1.165, 1.54) is 5.56 Å². The molecule has 2 aliphatic heterocycles. The molecule has 3 heterocycles. The summed E-state index contributed by atoms with van der Waals surface area (Å²) in [5.74, 6) is 2.01. The van der Waals surface area contributed by atoms with E-state index in [4.69, 9.17) is 14.5 Å². The Morgan fingerprint density at radius 3 is 2.69 bits per heavy atom. The fraction of sp³-hybridized carbons (Fsp3) is 0.519. The zero-order valence-corrected chi connectivity index (χ0v) is 22.7. The molecule has 194 valence electrons. The molecule has 0 saturated carbocycles. The number of nitrogens with zero attached hydrogens (tertiary/aromatic N) is 3. The number of sulfonamides is 1. The number of ether oxygens (including phenoxy) is 2. The van der Waals surface area contributed by atoms with Gasteiger partial charge in [0, 0.05) is 25.4 Å². The molecule has 2 unspecified atom stereocenters. The first-order valence-corrected chi connectivity index (χ1v) is 15.3. The van der Waals surface area contributed by atoms with Crippen molar-refractivity contribution in [2.75, 3.05) is 26.3 Å². The number of thioether (sulfide) groups is 1. The summed E-state index contributed by atoms with van der Waals surface area (Å²) in [5, 5.41) is 0.885. The Morgan fingerprint density at radius 2 is 1.97 bits per heavy atom. The molecule has 2 aromatic carbocycles. The summed E-state index contributed by atoms with van der Waals surface area (Å²) in [4.78, 5) is 5.24. The minimum atomic E-state index is -3.54. The molecular weight excluding hydrogens is 494 g/mol. The lowest BCUT2D eigenvalue weighted by Gasteiger charge is -2.30. The monoisotopic (exact) mass is 529 g/mol. The molecule has 5 rings (SSSR count). The summed E-state index contributed by atoms with van der Waals surface area (Å²) in [5.41, 5.74) is 2.85. The third-order valence-corrected chi connectivity index (χ3v) is 9.86. The topological polar surface area (TPSA) is 73.7 Å². The largest absolute Gasteiger partial charge is 0.494 e. The standard InChI is InChI=1S/C27H35N3O4S2/c1-3-33-22-10-8-21(9-11-22)19-35-27-28-25-16-24(36(31,32)29-14-4-6-20(2)17-29)12-13-26(25)30(27)18-23-7-5-15-34-23/h8-13,16,20,23H,3-7,14-15,17-19H2,1-2H3. The summed E-state index contributed by atoms with van der Waals surface area (Å²) in [6, 6.07) is 13.5. The van der Waals surface area contributed by atoms with Crippen LogP contribution in [0.2, 0.25) is 0 Å². The molecule has 1 aromatic heterocycles. The number of hydrogen-bond acceptors (Lipinski definition) is 6. The van der Waals surface area contributed by atoms with Gasteiger partial charge >= 0.3 is 0 Å². The number of rotatable bonds is 9. The van der Waals surface area contributed by atoms with Gasteiger partial charge in [-0.05, 0) is 74.4 Å². The first kappa shape index (κ1) is 25.6. The van der Waals surface area contributed by atoms with Crippen molar-refractivity contribution < 1.29 is 17.9 Å². The number of benzene rings is 2. The van der Waals surface area contributed by atoms with E-state index in [0.717, 1.165) is 61.0 Å². The highest BCUT2D eigenvalue weighted by atomic mass is 32.2. The van der Waals surface area contributed by atoms with E-state index in [-0.39, 0.29) is 6.10 Å². The summed E-state index contributed by atoms with van der Waals surface area (Å²) in [6.07, 6.45) is 4.24. The van der Waals surface area contributed by atoms with Crippen LogP contribution in [-0.4, -0.2) is 54.7 Å². The summed E-state index contributed by atoms with van der Waals surface area (Å²) in [6.45, 7) is 7.42. The van der Waals surface area contributed by atoms with Crippen LogP contribution in [-0.2, 0) is 27.1 Å². The van der Waals surface area contributed by atoms with Gasteiger partial charge in [-0.2, -0.15) is 4.31 Å². The number of fused-ring (bicyclic) bond motifs is 1. The number of aromatic nitrogens is 2. The van der Waals surface area contributed by atoms with E-state index < -0.39 is 10.0 Å². The van der Waals surface area contributed by atoms with Gasteiger partial charge in [0.15, 0.2) is 5.16 Å². The molecular formula is C27H35N3O4S2. The fourth-order valence-electron chi connectivity index (χ4n) is 5.04. The normalized spacial score (nSPS) is 21.3. The van der Waals surface area contributed by atoms with E-state index in [2.05, 4.69) is 23.6 Å². The Kier molecular flexibility index (Phi) is 7.90. The number of piperidine rings is 1. The average Bonchev–Trinajstić information content (AvgIpc) is 3.52. The molecule has 0 N–H and O–H groups in total. The van der Waals surface area contributed by atoms with E-state index in [0.29, 0.717) is 36.0 Å². The minimum absolute atomic E-state index is 0.158. The molecule has 9 heteroatoms. The molecule has 0 aliphatic carbocycles. The van der Waals surface area contributed by atoms with Crippen LogP contribution in [0.25, 0.3) is 11.0 Å². The lowest BCUT2D eigenvalue weighted by Crippen LogP contribution is -2.39. The highest BCUT2D eigenvalue weighted by Crippen LogP contribution is 2.32. The van der Waals surface area contributed by atoms with Crippen molar-refractivity contribution in [2.45, 2.75) is 68.0 Å². The lowest BCUT2D eigenvalue weighted by atomic mass is 10.0. The SMILES string of the molecule is CCOc1ccc(CSc2nc3cc(S(=O)(=O)N4CCCC(C)C4)ccc3n2CC2CCCO2)cc1. The Bertz CT molecular complexity index is 1280. The first-order valence-electron chi connectivity index (χ1n) is 12.9. The Hall–Kier alpha value is -2.07. The Labute approximate surface area is 218 Å². The Balaban J connectivity index is 1.43. The highest BCUT2D eigenvalue weighted by Gasteiger charge is 2.29. The molecule has 7 nitrogen and oxygen atoms in total. The van der Waals surface area contributed by atoms with Crippen LogP contribution < -0.4 is 4.74 Å². The first-order chi connectivity index (χ1) is 17.4. The van der Waals surface area contributed by atoms with Crippen molar-refractivity contribution >= 4 is 32.8 Å². The molecule has 0 bridgehead atoms. The molecule has 0 amide bonds. The second-order valence-electron chi connectivity index (χ2n) is 9.77. The molecule has 2 saturated heterocycles. The van der Waals surface area contributed by atoms with Crippen molar-refractivity contribution in [3.63, 3.8) is 0 Å². The van der Waals surface area contributed by atoms with Gasteiger partial charge < -0.3 is 14.0 Å². The van der Waals surface area contributed by atoms with Crippen molar-refractivity contribution in [1.29, 1.82) is 0 Å². The lowest BCUT2D eigenvalue weighted by molar-refractivity contribution is 0.0960. The summed E-state index contributed by atoms with van der Waals surface area (Å²) >= 11 is 1.67. The third-order valence-electron chi connectivity index (χ3n) is 6.95. The van der Waals surface area contributed by atoms with Gasteiger partial charge in [0.05, 0.1) is 35.2 Å². The predicted molar refractivity (Wildman–Crippen MR) is 143 cm³/mol. The maximum atomic E-state index is 13.4. The molecule has 36 heavy (non-hydrogen) atoms. The van der Waals surface area contributed by atoms with Gasteiger partial charge in [-0.15, -0.1) is 0 Å². The van der Waals surface area contributed by atoms with E-state index in [9.17, 15) is 8.42 Å². The van der Waals surface area contributed by atoms with Crippen molar-refractivity contribution in [1.82, 2.24) is 13.9 Å². The maximum absolute atomic E-state index is 13.4. The van der Waals surface area contributed by atoms with Crippen molar-refractivity contribution in [2.24, 2.45) is 5.92 Å². The Morgan fingerprint density at radius 1 is 1.14 bits per heavy atom. The number of imidazole rings is 1. The van der Waals surface area contributed by atoms with Crippen LogP contribution in [0.5, 0.6) is 5.75 Å². The van der Waals surface area contributed by atoms with Crippen LogP contribution in [0.15, 0.2) is 52.5 Å². The highest BCUT2D eigenvalue weighted by molar-refractivity contribution is 7.98. The zero-order valence-electron chi connectivity index (χ0n) is 21.1. The van der Waals surface area contributed by atoms with Crippen LogP contribution in [0.3, 0.4) is 0 Å². The van der Waals surface area contributed by atoms with Gasteiger partial charge in [-0.25, -0.2) is 13.4 Å². The molecule has 3 aromatic rings. The van der Waals surface area contributed by atoms with Crippen LogP contribution in [0, 0.1) is 5.92 Å². The van der Waals surface area contributed by atoms with Crippen LogP contribution in [0.1, 0.15) is 45.1 Å². The fourth-order valence-corrected chi connectivity index (χ4v) is 7.64. The quantitative estimate of drug-likeness (QED) is 0.349. The van der Waals surface area contributed by atoms with Gasteiger partial charge in [-0.3, -0.25) is 0 Å². The smallest absolute Gasteiger partial charge is 0.243 e. The second kappa shape index (κ2) is 11.1. The average molecular weight is 530 g/mol. The van der Waals surface area contributed by atoms with Gasteiger partial charge in [0.2, 0.25) is 10.0 Å². The maximum Gasteiger partial charge on any atom is 0.243 e. The minimum Gasteiger partial charge on any atom is -0.494 e. The second-order valence-corrected chi connectivity index (χ2v) is 12.6. The van der Waals surface area contributed by atoms with Crippen molar-refractivity contribution in [3.8, 4) is 5.75 Å². The van der Waals surface area contributed by atoms with E-state index in [1.54, 1.807) is 28.2 Å². The van der Waals surface area contributed by atoms with Gasteiger partial charge in [0.1, 0.15) is 5.75 Å². The van der Waals surface area contributed by atoms with Crippen LogP contribution in [0.4, 0.5) is 0 Å². The van der Waals surface area contributed by atoms with E-state index in [1.807, 2.05) is 25.1 Å². The molecule has 2 fully saturated rings. The summed E-state index contributed by atoms with van der Waals surface area (Å²) < 4.78 is 42.1. The zero-order chi connectivity index (χ0) is 25.1. The molecule has 2 aliphatic rings. The molecule has 0 spiro atoms. The third kappa shape index (κ3) is 5.59. The number of hydrogen-bond donors (Lipinski definition) is 0. The van der Waals surface area contributed by atoms with E-state index >= 15 is 0 Å². The summed E-state index contributed by atoms with van der Waals surface area (Å²) in [7, 11) is -3.54. The van der Waals surface area contributed by atoms with Crippen molar-refractivity contribution in [3.05, 3.63) is 48.0 Å². The predicted octanol–water partition coefficient (Wildman–Crippen LogP) is 5.33. The van der Waals surface area contributed by atoms with Crippen LogP contribution >= 0.6 is 11.8 Å². The van der Waals surface area contributed by atoms with Gasteiger partial charge in [-0.1, -0.05) is 30.8 Å². The molecule has 2 atom stereocenters.